The van der Waals surface area contributed by atoms with Gasteiger partial charge in [0.15, 0.2) is 5.82 Å². The van der Waals surface area contributed by atoms with Crippen molar-refractivity contribution in [2.24, 2.45) is 11.8 Å². The third-order valence-electron chi connectivity index (χ3n) is 5.97. The second kappa shape index (κ2) is 7.41. The van der Waals surface area contributed by atoms with E-state index in [9.17, 15) is 4.79 Å². The van der Waals surface area contributed by atoms with Crippen LogP contribution in [0.3, 0.4) is 0 Å². The molecule has 2 bridgehead atoms. The summed E-state index contributed by atoms with van der Waals surface area (Å²) in [7, 11) is 1.67. The van der Waals surface area contributed by atoms with Gasteiger partial charge in [-0.15, -0.1) is 0 Å². The Hall–Kier alpha value is -1.47. The van der Waals surface area contributed by atoms with Crippen molar-refractivity contribution in [2.75, 3.05) is 33.4 Å². The van der Waals surface area contributed by atoms with E-state index >= 15 is 0 Å². The molecule has 0 N–H and O–H groups in total. The van der Waals surface area contributed by atoms with Gasteiger partial charge in [0.25, 0.3) is 0 Å². The van der Waals surface area contributed by atoms with E-state index in [0.717, 1.165) is 38.9 Å². The Morgan fingerprint density at radius 1 is 1.24 bits per heavy atom. The van der Waals surface area contributed by atoms with Crippen LogP contribution in [0.15, 0.2) is 4.52 Å². The average molecular weight is 348 g/mol. The second-order valence-electron chi connectivity index (χ2n) is 7.74. The van der Waals surface area contributed by atoms with E-state index < -0.39 is 0 Å². The van der Waals surface area contributed by atoms with E-state index in [2.05, 4.69) is 19.9 Å². The lowest BCUT2D eigenvalue weighted by Crippen LogP contribution is -2.45. The fourth-order valence-corrected chi connectivity index (χ4v) is 4.29. The summed E-state index contributed by atoms with van der Waals surface area (Å²) in [5, 5.41) is 4.03. The van der Waals surface area contributed by atoms with E-state index in [1.54, 1.807) is 7.11 Å². The number of amides is 1. The molecular weight excluding hydrogens is 320 g/mol. The molecular formula is C18H28N4O3. The van der Waals surface area contributed by atoms with Gasteiger partial charge in [0, 0.05) is 45.1 Å². The van der Waals surface area contributed by atoms with Crippen molar-refractivity contribution in [2.45, 2.75) is 51.1 Å². The Morgan fingerprint density at radius 2 is 2.12 bits per heavy atom. The normalized spacial score (nSPS) is 27.3. The number of piperidine rings is 1. The molecule has 1 aliphatic carbocycles. The molecule has 3 aliphatic heterocycles. The van der Waals surface area contributed by atoms with Crippen molar-refractivity contribution in [3.8, 4) is 0 Å². The highest BCUT2D eigenvalue weighted by molar-refractivity contribution is 5.79. The van der Waals surface area contributed by atoms with Gasteiger partial charge in [0.1, 0.15) is 0 Å². The molecule has 5 rings (SSSR count). The summed E-state index contributed by atoms with van der Waals surface area (Å²) < 4.78 is 10.5. The fraction of sp³-hybridized carbons (Fsp3) is 0.833. The van der Waals surface area contributed by atoms with E-state index in [1.807, 2.05) is 0 Å². The number of nitrogens with zero attached hydrogens (tertiary/aromatic N) is 4. The van der Waals surface area contributed by atoms with Crippen LogP contribution in [0.25, 0.3) is 0 Å². The molecule has 4 aliphatic rings. The molecule has 4 fully saturated rings. The van der Waals surface area contributed by atoms with Gasteiger partial charge in [0.2, 0.25) is 11.8 Å². The molecule has 1 amide bonds. The van der Waals surface area contributed by atoms with Crippen molar-refractivity contribution < 1.29 is 14.1 Å². The molecule has 0 radical (unpaired) electrons. The second-order valence-corrected chi connectivity index (χ2v) is 7.74. The van der Waals surface area contributed by atoms with Crippen molar-refractivity contribution >= 4 is 5.91 Å². The number of fused-ring (bicyclic) bond motifs is 4. The standard InChI is InChI=1S/C18H28N4O3/c1-24-8-7-16-19-17(25-20-16)12-21-9-13-5-6-15(21)11-22(10-13)18(23)14-3-2-4-14/h13-15H,2-12H2,1H3/t13-,15-/m0/s1. The van der Waals surface area contributed by atoms with Crippen LogP contribution in [-0.2, 0) is 22.5 Å². The van der Waals surface area contributed by atoms with Gasteiger partial charge >= 0.3 is 0 Å². The van der Waals surface area contributed by atoms with Crippen LogP contribution in [0.5, 0.6) is 0 Å². The molecule has 1 aromatic heterocycles. The summed E-state index contributed by atoms with van der Waals surface area (Å²) in [4.78, 5) is 21.7. The highest BCUT2D eigenvalue weighted by atomic mass is 16.5. The number of carbonyl (C=O) groups excluding carboxylic acids is 1. The molecule has 138 valence electrons. The summed E-state index contributed by atoms with van der Waals surface area (Å²) in [6.45, 7) is 4.09. The first kappa shape index (κ1) is 17.0. The van der Waals surface area contributed by atoms with E-state index in [1.165, 1.54) is 12.8 Å². The largest absolute Gasteiger partial charge is 0.384 e. The minimum Gasteiger partial charge on any atom is -0.384 e. The van der Waals surface area contributed by atoms with Gasteiger partial charge in [-0.2, -0.15) is 4.98 Å². The summed E-state index contributed by atoms with van der Waals surface area (Å²) in [6, 6.07) is 0.414. The van der Waals surface area contributed by atoms with Crippen LogP contribution < -0.4 is 0 Å². The maximum absolute atomic E-state index is 12.7. The van der Waals surface area contributed by atoms with Crippen LogP contribution in [0.4, 0.5) is 0 Å². The molecule has 1 aromatic rings. The minimum atomic E-state index is 0.297. The number of methoxy groups -OCH3 is 1. The molecule has 2 atom stereocenters. The predicted molar refractivity (Wildman–Crippen MR) is 90.7 cm³/mol. The number of ether oxygens (including phenoxy) is 1. The van der Waals surface area contributed by atoms with Crippen molar-refractivity contribution in [1.82, 2.24) is 19.9 Å². The minimum absolute atomic E-state index is 0.297. The van der Waals surface area contributed by atoms with E-state index in [4.69, 9.17) is 9.26 Å². The number of carbonyl (C=O) groups is 1. The highest BCUT2D eigenvalue weighted by Crippen LogP contribution is 2.33. The van der Waals surface area contributed by atoms with Gasteiger partial charge in [0.05, 0.1) is 13.2 Å². The first-order chi connectivity index (χ1) is 12.2. The Labute approximate surface area is 148 Å². The summed E-state index contributed by atoms with van der Waals surface area (Å²) in [5.41, 5.74) is 0. The zero-order valence-electron chi connectivity index (χ0n) is 15.0. The maximum Gasteiger partial charge on any atom is 0.240 e. The van der Waals surface area contributed by atoms with Gasteiger partial charge in [-0.25, -0.2) is 0 Å². The van der Waals surface area contributed by atoms with Gasteiger partial charge < -0.3 is 14.2 Å². The zero-order chi connectivity index (χ0) is 17.2. The Kier molecular flexibility index (Phi) is 5.03. The zero-order valence-corrected chi connectivity index (χ0v) is 15.0. The van der Waals surface area contributed by atoms with Crippen molar-refractivity contribution in [3.63, 3.8) is 0 Å². The topological polar surface area (TPSA) is 71.7 Å². The lowest BCUT2D eigenvalue weighted by molar-refractivity contribution is -0.138. The molecule has 3 saturated heterocycles. The lowest BCUT2D eigenvalue weighted by atomic mass is 9.84. The number of aromatic nitrogens is 2. The first-order valence-electron chi connectivity index (χ1n) is 9.56. The Balaban J connectivity index is 1.38. The predicted octanol–water partition coefficient (Wildman–Crippen LogP) is 1.48. The summed E-state index contributed by atoms with van der Waals surface area (Å²) >= 11 is 0. The van der Waals surface area contributed by atoms with Crippen LogP contribution in [0.2, 0.25) is 0 Å². The smallest absolute Gasteiger partial charge is 0.240 e. The van der Waals surface area contributed by atoms with E-state index in [-0.39, 0.29) is 0 Å². The quantitative estimate of drug-likeness (QED) is 0.775. The lowest BCUT2D eigenvalue weighted by Gasteiger charge is -2.35. The molecule has 0 spiro atoms. The Morgan fingerprint density at radius 3 is 2.88 bits per heavy atom. The Bertz CT molecular complexity index is 601. The SMILES string of the molecule is COCCc1noc(CN2C[C@@H]3CC[C@H]2CN(C(=O)C2CCC2)C3)n1. The van der Waals surface area contributed by atoms with Crippen molar-refractivity contribution in [3.05, 3.63) is 11.7 Å². The molecule has 0 unspecified atom stereocenters. The highest BCUT2D eigenvalue weighted by Gasteiger charge is 2.39. The van der Waals surface area contributed by atoms with Gasteiger partial charge in [-0.3, -0.25) is 9.69 Å². The van der Waals surface area contributed by atoms with Crippen molar-refractivity contribution in [1.29, 1.82) is 0 Å². The molecule has 4 heterocycles. The molecule has 7 nitrogen and oxygen atoms in total. The summed E-state index contributed by atoms with van der Waals surface area (Å²) in [5.74, 6) is 2.64. The maximum atomic E-state index is 12.7. The number of hydrogen-bond acceptors (Lipinski definition) is 6. The van der Waals surface area contributed by atoms with Crippen LogP contribution in [0.1, 0.15) is 43.8 Å². The monoisotopic (exact) mass is 348 g/mol. The molecule has 1 saturated carbocycles. The average Bonchev–Trinajstić information content (AvgIpc) is 2.80. The third-order valence-corrected chi connectivity index (χ3v) is 5.97. The van der Waals surface area contributed by atoms with Crippen LogP contribution in [0, 0.1) is 11.8 Å². The number of rotatable bonds is 6. The third kappa shape index (κ3) is 3.72. The van der Waals surface area contributed by atoms with Crippen LogP contribution >= 0.6 is 0 Å². The summed E-state index contributed by atoms with van der Waals surface area (Å²) in [6.07, 6.45) is 6.44. The fourth-order valence-electron chi connectivity index (χ4n) is 4.29. The van der Waals surface area contributed by atoms with E-state index in [0.29, 0.717) is 55.1 Å². The molecule has 7 heteroatoms. The number of hydrogen-bond donors (Lipinski definition) is 0. The van der Waals surface area contributed by atoms with Gasteiger partial charge in [-0.1, -0.05) is 11.6 Å². The molecule has 25 heavy (non-hydrogen) atoms. The van der Waals surface area contributed by atoms with Gasteiger partial charge in [-0.05, 0) is 31.6 Å². The molecule has 0 aromatic carbocycles. The van der Waals surface area contributed by atoms with Crippen LogP contribution in [-0.4, -0.2) is 65.2 Å². The first-order valence-corrected chi connectivity index (χ1v) is 9.56.